The lowest BCUT2D eigenvalue weighted by Gasteiger charge is -2.29. The number of methoxy groups -OCH3 is 1. The fourth-order valence-electron chi connectivity index (χ4n) is 2.66. The summed E-state index contributed by atoms with van der Waals surface area (Å²) in [6, 6.07) is 9.82. The average Bonchev–Trinajstić information content (AvgIpc) is 2.55. The molecular formula is C17H17N3O2. The normalized spacial score (nSPS) is 16.1. The number of ether oxygens (including phenoxy) is 2. The van der Waals surface area contributed by atoms with E-state index in [1.54, 1.807) is 19.4 Å². The molecule has 1 N–H and O–H groups in total. The van der Waals surface area contributed by atoms with Crippen LogP contribution in [0.1, 0.15) is 29.3 Å². The van der Waals surface area contributed by atoms with Crippen molar-refractivity contribution in [1.82, 2.24) is 4.98 Å². The minimum Gasteiger partial charge on any atom is -0.493 e. The molecule has 1 aromatic carbocycles. The van der Waals surface area contributed by atoms with Crippen LogP contribution in [0.2, 0.25) is 0 Å². The Kier molecular flexibility index (Phi) is 3.84. The zero-order valence-electron chi connectivity index (χ0n) is 12.6. The summed E-state index contributed by atoms with van der Waals surface area (Å²) in [5.41, 5.74) is 3.52. The largest absolute Gasteiger partial charge is 0.493 e. The van der Waals surface area contributed by atoms with E-state index in [0.717, 1.165) is 34.7 Å². The highest BCUT2D eigenvalue weighted by Crippen LogP contribution is 2.41. The van der Waals surface area contributed by atoms with Crippen LogP contribution in [0.3, 0.4) is 0 Å². The molecular weight excluding hydrogens is 278 g/mol. The predicted molar refractivity (Wildman–Crippen MR) is 83.2 cm³/mol. The van der Waals surface area contributed by atoms with E-state index in [1.165, 1.54) is 0 Å². The van der Waals surface area contributed by atoms with E-state index in [1.807, 2.05) is 25.1 Å². The number of nitrogens with zero attached hydrogens (tertiary/aromatic N) is 2. The van der Waals surface area contributed by atoms with E-state index < -0.39 is 0 Å². The first-order valence-corrected chi connectivity index (χ1v) is 7.15. The Hall–Kier alpha value is -2.74. The Labute approximate surface area is 129 Å². The summed E-state index contributed by atoms with van der Waals surface area (Å²) >= 11 is 0. The van der Waals surface area contributed by atoms with Gasteiger partial charge in [-0.2, -0.15) is 5.26 Å². The van der Waals surface area contributed by atoms with Gasteiger partial charge >= 0.3 is 0 Å². The van der Waals surface area contributed by atoms with Crippen LogP contribution in [-0.4, -0.2) is 18.7 Å². The van der Waals surface area contributed by atoms with Crippen molar-refractivity contribution >= 4 is 5.69 Å². The Morgan fingerprint density at radius 1 is 1.41 bits per heavy atom. The zero-order valence-corrected chi connectivity index (χ0v) is 12.6. The number of hydrogen-bond acceptors (Lipinski definition) is 5. The Morgan fingerprint density at radius 3 is 2.95 bits per heavy atom. The molecule has 1 atom stereocenters. The highest BCUT2D eigenvalue weighted by molar-refractivity contribution is 5.55. The molecule has 112 valence electrons. The number of pyridine rings is 1. The van der Waals surface area contributed by atoms with Crippen molar-refractivity contribution in [3.8, 4) is 17.6 Å². The summed E-state index contributed by atoms with van der Waals surface area (Å²) in [6.45, 7) is 2.67. The van der Waals surface area contributed by atoms with Crippen LogP contribution in [0.25, 0.3) is 0 Å². The van der Waals surface area contributed by atoms with Crippen LogP contribution in [-0.2, 0) is 0 Å². The molecule has 3 rings (SSSR count). The summed E-state index contributed by atoms with van der Waals surface area (Å²) < 4.78 is 11.2. The summed E-state index contributed by atoms with van der Waals surface area (Å²) in [5, 5.41) is 12.3. The van der Waals surface area contributed by atoms with Crippen LogP contribution >= 0.6 is 0 Å². The van der Waals surface area contributed by atoms with Crippen molar-refractivity contribution in [3.63, 3.8) is 0 Å². The summed E-state index contributed by atoms with van der Waals surface area (Å²) in [4.78, 5) is 4.09. The maximum atomic E-state index is 8.80. The fourth-order valence-corrected chi connectivity index (χ4v) is 2.66. The smallest absolute Gasteiger partial charge is 0.166 e. The monoisotopic (exact) mass is 295 g/mol. The van der Waals surface area contributed by atoms with Crippen molar-refractivity contribution in [1.29, 1.82) is 5.26 Å². The molecule has 1 aromatic heterocycles. The fraction of sp³-hybridized carbons (Fsp3) is 0.294. The number of hydrogen-bond donors (Lipinski definition) is 1. The van der Waals surface area contributed by atoms with Gasteiger partial charge in [-0.25, -0.2) is 4.98 Å². The molecule has 22 heavy (non-hydrogen) atoms. The quantitative estimate of drug-likeness (QED) is 0.941. The lowest BCUT2D eigenvalue weighted by atomic mass is 9.97. The lowest BCUT2D eigenvalue weighted by Crippen LogP contribution is -2.21. The van der Waals surface area contributed by atoms with Gasteiger partial charge in [0, 0.05) is 12.0 Å². The molecule has 0 spiro atoms. The molecule has 1 aliphatic heterocycles. The number of aryl methyl sites for hydroxylation is 1. The van der Waals surface area contributed by atoms with Gasteiger partial charge in [-0.1, -0.05) is 6.07 Å². The number of anilines is 1. The number of nitrogens with one attached hydrogen (secondary N) is 1. The Balaban J connectivity index is 1.91. The zero-order chi connectivity index (χ0) is 15.5. The second kappa shape index (κ2) is 5.94. The Bertz CT molecular complexity index is 720. The number of nitriles is 1. The second-order valence-corrected chi connectivity index (χ2v) is 5.26. The van der Waals surface area contributed by atoms with Gasteiger partial charge in [0.15, 0.2) is 11.5 Å². The number of fused-ring (bicyclic) bond motifs is 1. The van der Waals surface area contributed by atoms with Crippen LogP contribution in [0, 0.1) is 18.3 Å². The number of benzene rings is 1. The molecule has 2 heterocycles. The molecule has 0 aliphatic carbocycles. The molecule has 0 fully saturated rings. The van der Waals surface area contributed by atoms with Crippen molar-refractivity contribution in [3.05, 3.63) is 47.3 Å². The molecule has 0 unspecified atom stereocenters. The summed E-state index contributed by atoms with van der Waals surface area (Å²) in [6.07, 6.45) is 2.54. The van der Waals surface area contributed by atoms with Gasteiger partial charge in [0.1, 0.15) is 11.8 Å². The minimum atomic E-state index is 0.132. The third-order valence-electron chi connectivity index (χ3n) is 3.70. The van der Waals surface area contributed by atoms with Gasteiger partial charge in [-0.15, -0.1) is 0 Å². The lowest BCUT2D eigenvalue weighted by molar-refractivity contribution is 0.257. The van der Waals surface area contributed by atoms with Gasteiger partial charge in [-0.05, 0) is 30.7 Å². The van der Waals surface area contributed by atoms with E-state index in [0.29, 0.717) is 12.3 Å². The standard InChI is InChI=1S/C17H17N3O2/c1-11-7-14-15(5-6-22-17(14)16(8-11)21-2)20-13-4-3-12(9-18)19-10-13/h3-4,7-8,10,15,20H,5-6H2,1-2H3/t15-/m0/s1. The van der Waals surface area contributed by atoms with Crippen LogP contribution in [0.4, 0.5) is 5.69 Å². The first-order valence-electron chi connectivity index (χ1n) is 7.15. The van der Waals surface area contributed by atoms with E-state index >= 15 is 0 Å². The van der Waals surface area contributed by atoms with Crippen molar-refractivity contribution < 1.29 is 9.47 Å². The van der Waals surface area contributed by atoms with Crippen LogP contribution in [0.5, 0.6) is 11.5 Å². The molecule has 0 saturated carbocycles. The number of rotatable bonds is 3. The second-order valence-electron chi connectivity index (χ2n) is 5.26. The minimum absolute atomic E-state index is 0.132. The van der Waals surface area contributed by atoms with Crippen molar-refractivity contribution in [2.75, 3.05) is 19.0 Å². The van der Waals surface area contributed by atoms with Gasteiger partial charge < -0.3 is 14.8 Å². The molecule has 2 aromatic rings. The molecule has 0 saturated heterocycles. The van der Waals surface area contributed by atoms with Gasteiger partial charge in [0.05, 0.1) is 31.6 Å². The van der Waals surface area contributed by atoms with Crippen molar-refractivity contribution in [2.24, 2.45) is 0 Å². The van der Waals surface area contributed by atoms with E-state index in [-0.39, 0.29) is 6.04 Å². The average molecular weight is 295 g/mol. The summed E-state index contributed by atoms with van der Waals surface area (Å²) in [7, 11) is 1.65. The van der Waals surface area contributed by atoms with E-state index in [2.05, 4.69) is 16.4 Å². The maximum Gasteiger partial charge on any atom is 0.166 e. The van der Waals surface area contributed by atoms with E-state index in [9.17, 15) is 0 Å². The Morgan fingerprint density at radius 2 is 2.27 bits per heavy atom. The van der Waals surface area contributed by atoms with Crippen LogP contribution < -0.4 is 14.8 Å². The van der Waals surface area contributed by atoms with E-state index in [4.69, 9.17) is 14.7 Å². The van der Waals surface area contributed by atoms with Gasteiger partial charge in [0.2, 0.25) is 0 Å². The first kappa shape index (κ1) is 14.2. The third-order valence-corrected chi connectivity index (χ3v) is 3.70. The molecule has 0 amide bonds. The van der Waals surface area contributed by atoms with Crippen molar-refractivity contribution in [2.45, 2.75) is 19.4 Å². The third kappa shape index (κ3) is 2.68. The maximum absolute atomic E-state index is 8.80. The molecule has 0 bridgehead atoms. The molecule has 0 radical (unpaired) electrons. The molecule has 5 nitrogen and oxygen atoms in total. The number of aromatic nitrogens is 1. The van der Waals surface area contributed by atoms with Gasteiger partial charge in [0.25, 0.3) is 0 Å². The topological polar surface area (TPSA) is 67.2 Å². The molecule has 1 aliphatic rings. The first-order chi connectivity index (χ1) is 10.7. The SMILES string of the molecule is COc1cc(C)cc2c1OCC[C@@H]2Nc1ccc(C#N)nc1. The molecule has 5 heteroatoms. The predicted octanol–water partition coefficient (Wildman–Crippen LogP) is 3.21. The van der Waals surface area contributed by atoms with Gasteiger partial charge in [-0.3, -0.25) is 0 Å². The highest BCUT2D eigenvalue weighted by atomic mass is 16.5. The summed E-state index contributed by atoms with van der Waals surface area (Å²) in [5.74, 6) is 1.57. The highest BCUT2D eigenvalue weighted by Gasteiger charge is 2.25. The van der Waals surface area contributed by atoms with Crippen LogP contribution in [0.15, 0.2) is 30.5 Å².